The summed E-state index contributed by atoms with van der Waals surface area (Å²) in [6.45, 7) is 0. The van der Waals surface area contributed by atoms with Crippen LogP contribution in [0.15, 0.2) is 24.3 Å². The highest BCUT2D eigenvalue weighted by atomic mass is 19.4. The van der Waals surface area contributed by atoms with Crippen LogP contribution < -0.4 is 0 Å². The lowest BCUT2D eigenvalue weighted by Crippen LogP contribution is -2.25. The monoisotopic (exact) mass is 406 g/mol. The van der Waals surface area contributed by atoms with Gasteiger partial charge >= 0.3 is 6.18 Å². The smallest absolute Gasteiger partial charge is 0.166 e. The molecule has 0 radical (unpaired) electrons. The van der Waals surface area contributed by atoms with Crippen molar-refractivity contribution in [3.63, 3.8) is 0 Å². The number of benzene rings is 1. The molecule has 162 valence electrons. The molecule has 3 aliphatic carbocycles. The Balaban J connectivity index is 1.19. The van der Waals surface area contributed by atoms with Gasteiger partial charge in [-0.3, -0.25) is 0 Å². The molecule has 3 heteroatoms. The summed E-state index contributed by atoms with van der Waals surface area (Å²) in [7, 11) is 0. The van der Waals surface area contributed by atoms with Crippen LogP contribution in [0.3, 0.4) is 0 Å². The summed E-state index contributed by atoms with van der Waals surface area (Å²) < 4.78 is 38.3. The Morgan fingerprint density at radius 3 is 1.62 bits per heavy atom. The molecule has 0 aromatic heterocycles. The van der Waals surface area contributed by atoms with Gasteiger partial charge in [0.05, 0.1) is 5.56 Å². The highest BCUT2D eigenvalue weighted by Crippen LogP contribution is 2.45. The van der Waals surface area contributed by atoms with Crippen molar-refractivity contribution in [3.8, 4) is 0 Å². The first-order valence-electron chi connectivity index (χ1n) is 12.2. The van der Waals surface area contributed by atoms with E-state index in [1.54, 1.807) is 12.1 Å². The molecule has 0 amide bonds. The van der Waals surface area contributed by atoms with Crippen LogP contribution in [0.2, 0.25) is 0 Å². The third-order valence-corrected chi connectivity index (χ3v) is 8.50. The van der Waals surface area contributed by atoms with E-state index in [1.165, 1.54) is 89.2 Å². The number of hydrogen-bond donors (Lipinski definition) is 0. The Labute approximate surface area is 174 Å². The minimum Gasteiger partial charge on any atom is -0.166 e. The lowest BCUT2D eigenvalue weighted by atomic mass is 9.68. The normalized spacial score (nSPS) is 31.8. The predicted octanol–water partition coefficient (Wildman–Crippen LogP) is 8.76. The minimum atomic E-state index is -4.23. The van der Waals surface area contributed by atoms with E-state index in [4.69, 9.17) is 0 Å². The number of hydrogen-bond acceptors (Lipinski definition) is 0. The van der Waals surface area contributed by atoms with Crippen molar-refractivity contribution >= 4 is 0 Å². The second-order valence-corrected chi connectivity index (χ2v) is 10.2. The topological polar surface area (TPSA) is 0 Å². The molecule has 3 fully saturated rings. The molecule has 0 atom stereocenters. The summed E-state index contributed by atoms with van der Waals surface area (Å²) in [5.74, 6) is 4.24. The van der Waals surface area contributed by atoms with E-state index >= 15 is 0 Å². The maximum atomic E-state index is 12.8. The first-order chi connectivity index (χ1) is 14.0. The lowest BCUT2D eigenvalue weighted by molar-refractivity contribution is -0.137. The molecule has 1 aromatic rings. The van der Waals surface area contributed by atoms with Crippen molar-refractivity contribution < 1.29 is 13.2 Å². The number of halogens is 3. The first kappa shape index (κ1) is 21.2. The Morgan fingerprint density at radius 1 is 0.621 bits per heavy atom. The summed E-state index contributed by atoms with van der Waals surface area (Å²) in [4.78, 5) is 0. The van der Waals surface area contributed by atoms with E-state index in [1.807, 2.05) is 0 Å². The molecular formula is C26H37F3. The quantitative estimate of drug-likeness (QED) is 0.458. The van der Waals surface area contributed by atoms with Crippen molar-refractivity contribution in [3.05, 3.63) is 35.4 Å². The van der Waals surface area contributed by atoms with Crippen LogP contribution in [0, 0.1) is 23.7 Å². The highest BCUT2D eigenvalue weighted by molar-refractivity contribution is 5.27. The molecule has 4 rings (SSSR count). The molecule has 0 heterocycles. The van der Waals surface area contributed by atoms with Gasteiger partial charge in [-0.2, -0.15) is 13.2 Å². The van der Waals surface area contributed by atoms with E-state index in [0.717, 1.165) is 42.1 Å². The second-order valence-electron chi connectivity index (χ2n) is 10.2. The van der Waals surface area contributed by atoms with Gasteiger partial charge < -0.3 is 0 Å². The molecular weight excluding hydrogens is 369 g/mol. The Kier molecular flexibility index (Phi) is 6.91. The van der Waals surface area contributed by atoms with Gasteiger partial charge in [0.25, 0.3) is 0 Å². The standard InChI is InChI=1S/C26H37F3/c27-26(28,29)25-17-15-24(16-18-25)23-13-11-22(12-14-23)21-9-7-20(8-10-21)6-5-19-3-1-2-4-19/h15-23H,1-14H2/t20-,21-,22-,23-. The molecule has 0 nitrogen and oxygen atoms in total. The molecule has 29 heavy (non-hydrogen) atoms. The van der Waals surface area contributed by atoms with Gasteiger partial charge in [-0.1, -0.05) is 63.5 Å². The van der Waals surface area contributed by atoms with E-state index in [9.17, 15) is 13.2 Å². The van der Waals surface area contributed by atoms with E-state index < -0.39 is 11.7 Å². The maximum Gasteiger partial charge on any atom is 0.416 e. The van der Waals surface area contributed by atoms with Gasteiger partial charge in [-0.05, 0) is 85.8 Å². The van der Waals surface area contributed by atoms with Crippen LogP contribution in [-0.2, 0) is 6.18 Å². The third-order valence-electron chi connectivity index (χ3n) is 8.50. The van der Waals surface area contributed by atoms with Crippen molar-refractivity contribution in [2.75, 3.05) is 0 Å². The van der Waals surface area contributed by atoms with Crippen molar-refractivity contribution in [2.24, 2.45) is 23.7 Å². The predicted molar refractivity (Wildman–Crippen MR) is 113 cm³/mol. The van der Waals surface area contributed by atoms with Crippen LogP contribution in [-0.4, -0.2) is 0 Å². The molecule has 0 saturated heterocycles. The van der Waals surface area contributed by atoms with Gasteiger partial charge in [0.2, 0.25) is 0 Å². The van der Waals surface area contributed by atoms with E-state index in [0.29, 0.717) is 5.92 Å². The Bertz CT molecular complexity index is 610. The lowest BCUT2D eigenvalue weighted by Gasteiger charge is -2.38. The SMILES string of the molecule is FC(F)(F)c1ccc([C@H]2CC[C@H]([C@H]3CC[C@H](CCC4CCCC4)CC3)CC2)cc1. The highest BCUT2D eigenvalue weighted by Gasteiger charge is 2.33. The van der Waals surface area contributed by atoms with Crippen LogP contribution in [0.4, 0.5) is 13.2 Å². The first-order valence-corrected chi connectivity index (χ1v) is 12.2. The summed E-state index contributed by atoms with van der Waals surface area (Å²) in [6, 6.07) is 5.94. The molecule has 3 aliphatic rings. The summed E-state index contributed by atoms with van der Waals surface area (Å²) in [5.41, 5.74) is 0.576. The Morgan fingerprint density at radius 2 is 1.10 bits per heavy atom. The average Bonchev–Trinajstić information content (AvgIpc) is 3.26. The van der Waals surface area contributed by atoms with Crippen LogP contribution in [0.5, 0.6) is 0 Å². The van der Waals surface area contributed by atoms with E-state index in [-0.39, 0.29) is 0 Å². The fourth-order valence-corrected chi connectivity index (χ4v) is 6.59. The van der Waals surface area contributed by atoms with Crippen molar-refractivity contribution in [2.45, 2.75) is 102 Å². The second kappa shape index (κ2) is 9.43. The largest absolute Gasteiger partial charge is 0.416 e. The van der Waals surface area contributed by atoms with Crippen LogP contribution in [0.1, 0.15) is 107 Å². The number of alkyl halides is 3. The van der Waals surface area contributed by atoms with Crippen molar-refractivity contribution in [1.29, 1.82) is 0 Å². The molecule has 0 spiro atoms. The zero-order valence-corrected chi connectivity index (χ0v) is 17.7. The van der Waals surface area contributed by atoms with Gasteiger partial charge in [0.1, 0.15) is 0 Å². The van der Waals surface area contributed by atoms with Crippen molar-refractivity contribution in [1.82, 2.24) is 0 Å². The van der Waals surface area contributed by atoms with Gasteiger partial charge in [-0.15, -0.1) is 0 Å². The zero-order valence-electron chi connectivity index (χ0n) is 17.7. The summed E-state index contributed by atoms with van der Waals surface area (Å²) in [5, 5.41) is 0. The fourth-order valence-electron chi connectivity index (χ4n) is 6.59. The summed E-state index contributed by atoms with van der Waals surface area (Å²) in [6.07, 6.45) is 15.2. The van der Waals surface area contributed by atoms with Crippen LogP contribution in [0.25, 0.3) is 0 Å². The molecule has 1 aromatic carbocycles. The molecule has 0 N–H and O–H groups in total. The fraction of sp³-hybridized carbons (Fsp3) is 0.769. The maximum absolute atomic E-state index is 12.8. The summed E-state index contributed by atoms with van der Waals surface area (Å²) >= 11 is 0. The van der Waals surface area contributed by atoms with Gasteiger partial charge in [0.15, 0.2) is 0 Å². The van der Waals surface area contributed by atoms with E-state index in [2.05, 4.69) is 0 Å². The van der Waals surface area contributed by atoms with Gasteiger partial charge in [0, 0.05) is 0 Å². The van der Waals surface area contributed by atoms with Gasteiger partial charge in [-0.25, -0.2) is 0 Å². The molecule has 0 unspecified atom stereocenters. The molecule has 3 saturated carbocycles. The average molecular weight is 407 g/mol. The third kappa shape index (κ3) is 5.58. The number of rotatable bonds is 5. The van der Waals surface area contributed by atoms with Crippen LogP contribution >= 0.6 is 0 Å². The molecule has 0 aliphatic heterocycles. The Hall–Kier alpha value is -0.990. The molecule has 0 bridgehead atoms. The zero-order chi connectivity index (χ0) is 20.3. The minimum absolute atomic E-state index is 0.455.